The van der Waals surface area contributed by atoms with Crippen LogP contribution in [0, 0.1) is 68.1 Å². The Labute approximate surface area is 628 Å². The van der Waals surface area contributed by atoms with E-state index in [9.17, 15) is 4.39 Å². The van der Waals surface area contributed by atoms with E-state index in [1.54, 1.807) is 12.1 Å². The van der Waals surface area contributed by atoms with Gasteiger partial charge in [0, 0.05) is 55.6 Å². The molecule has 0 fully saturated rings. The molecule has 16 aromatic rings. The van der Waals surface area contributed by atoms with Crippen molar-refractivity contribution >= 4 is 34.8 Å². The van der Waals surface area contributed by atoms with Crippen molar-refractivity contribution in [2.45, 2.75) is 62.3 Å². The maximum absolute atomic E-state index is 14.5. The number of hydrogen-bond acceptors (Lipinski definition) is 4. The average Bonchev–Trinajstić information content (AvgIpc) is 1.65. The second-order valence-corrected chi connectivity index (χ2v) is 27.6. The average molecular weight is 1430 g/mol. The Balaban J connectivity index is 0.000000124. The zero-order valence-electron chi connectivity index (χ0n) is 59.9. The normalized spacial score (nSPS) is 10.9. The number of aromatic amines is 4. The molecule has 12 heteroatoms. The number of nitrogens with zero attached hydrogens (tertiary/aromatic N) is 4. The zero-order valence-corrected chi connectivity index (χ0v) is 62.2. The van der Waals surface area contributed by atoms with Gasteiger partial charge < -0.3 is 19.9 Å². The van der Waals surface area contributed by atoms with Gasteiger partial charge in [0.25, 0.3) is 0 Å². The number of halogens is 4. The van der Waals surface area contributed by atoms with E-state index in [1.165, 1.54) is 50.6 Å². The molecule has 0 amide bonds. The van der Waals surface area contributed by atoms with Gasteiger partial charge in [-0.25, -0.2) is 24.3 Å². The third-order valence-electron chi connectivity index (χ3n) is 18.4. The van der Waals surface area contributed by atoms with E-state index >= 15 is 0 Å². The molecule has 4 N–H and O–H groups in total. The summed E-state index contributed by atoms with van der Waals surface area (Å²) < 4.78 is 14.5. The highest BCUT2D eigenvalue weighted by Gasteiger charge is 2.24. The molecule has 0 aliphatic rings. The van der Waals surface area contributed by atoms with E-state index in [0.717, 1.165) is 124 Å². The molecule has 12 aromatic carbocycles. The number of H-pyrrole nitrogens is 4. The van der Waals surface area contributed by atoms with Crippen molar-refractivity contribution in [2.75, 3.05) is 0 Å². The lowest BCUT2D eigenvalue weighted by Crippen LogP contribution is -1.92. The Morgan fingerprint density at radius 2 is 0.543 bits per heavy atom. The van der Waals surface area contributed by atoms with Crippen molar-refractivity contribution in [1.82, 2.24) is 39.9 Å². The standard InChI is InChI=1S/C24H22N2.C23H18Cl2N2.C23H18ClFN2.C23H20N2/c1-16-14-17(2)21(18(3)15-16)24-25-22(19-10-6-4-7-11-19)23(26-24)20-12-8-5-9-13-20;2*1-14-11-12-15(2)17(13-14)22-21(16-7-4-3-5-8-16)26-23(27-22)20-18(24)9-6-10-19(20)25;1-16-13-14-20(17(2)15-16)23-24-21(18-9-5-3-6-10-18)22(25-23)19-11-7-4-8-12-19/h4-15H,1-3H3,(H,25,26);2*3-13H,1-2H3,(H,26,27);3-15H,1-2H3,(H,24,25). The summed E-state index contributed by atoms with van der Waals surface area (Å²) >= 11 is 19.1. The Hall–Kier alpha value is -11.7. The van der Waals surface area contributed by atoms with Crippen LogP contribution in [0.5, 0.6) is 0 Å². The van der Waals surface area contributed by atoms with Crippen LogP contribution in [0.2, 0.25) is 15.1 Å². The topological polar surface area (TPSA) is 115 Å². The zero-order chi connectivity index (χ0) is 73.3. The van der Waals surface area contributed by atoms with Crippen LogP contribution in [0.25, 0.3) is 136 Å². The summed E-state index contributed by atoms with van der Waals surface area (Å²) in [7, 11) is 0. The van der Waals surface area contributed by atoms with Crippen molar-refractivity contribution in [3.63, 3.8) is 0 Å². The summed E-state index contributed by atoms with van der Waals surface area (Å²) in [4.78, 5) is 33.6. The first-order valence-corrected chi connectivity index (χ1v) is 36.0. The Bertz CT molecular complexity index is 5330. The first-order valence-electron chi connectivity index (χ1n) is 34.9. The Morgan fingerprint density at radius 1 is 0.238 bits per heavy atom. The van der Waals surface area contributed by atoms with Crippen molar-refractivity contribution in [3.05, 3.63) is 356 Å². The molecule has 16 rings (SSSR count). The highest BCUT2D eigenvalue weighted by atomic mass is 35.5. The monoisotopic (exact) mass is 1430 g/mol. The number of nitrogens with one attached hydrogen (secondary N) is 4. The van der Waals surface area contributed by atoms with Crippen LogP contribution in [-0.4, -0.2) is 39.9 Å². The van der Waals surface area contributed by atoms with Crippen LogP contribution < -0.4 is 0 Å². The molecule has 518 valence electrons. The van der Waals surface area contributed by atoms with Crippen molar-refractivity contribution in [1.29, 1.82) is 0 Å². The summed E-state index contributed by atoms with van der Waals surface area (Å²) in [5.41, 5.74) is 30.5. The lowest BCUT2D eigenvalue weighted by Gasteiger charge is -2.08. The fourth-order valence-corrected chi connectivity index (χ4v) is 14.1. The van der Waals surface area contributed by atoms with Crippen molar-refractivity contribution in [3.8, 4) is 136 Å². The summed E-state index contributed by atoms with van der Waals surface area (Å²) in [6, 6.07) is 95.3. The number of hydrogen-bond donors (Lipinski definition) is 4. The number of imidazole rings is 4. The minimum Gasteiger partial charge on any atom is -0.337 e. The molecule has 0 radical (unpaired) electrons. The van der Waals surface area contributed by atoms with Crippen LogP contribution in [-0.2, 0) is 0 Å². The Morgan fingerprint density at radius 3 is 0.943 bits per heavy atom. The predicted octanol–water partition coefficient (Wildman–Crippen LogP) is 26.5. The smallest absolute Gasteiger partial charge is 0.143 e. The van der Waals surface area contributed by atoms with E-state index in [4.69, 9.17) is 54.7 Å². The summed E-state index contributed by atoms with van der Waals surface area (Å²) in [5.74, 6) is 2.53. The first kappa shape index (κ1) is 71.7. The van der Waals surface area contributed by atoms with Gasteiger partial charge in [0.2, 0.25) is 0 Å². The summed E-state index contributed by atoms with van der Waals surface area (Å²) in [5, 5.41) is 1.47. The molecule has 0 bridgehead atoms. The third-order valence-corrected chi connectivity index (χ3v) is 19.3. The van der Waals surface area contributed by atoms with Gasteiger partial charge >= 0.3 is 0 Å². The maximum atomic E-state index is 14.5. The fraction of sp³-hybridized carbons (Fsp3) is 0.0968. The van der Waals surface area contributed by atoms with Gasteiger partial charge in [0.1, 0.15) is 29.1 Å². The van der Waals surface area contributed by atoms with Crippen LogP contribution >= 0.6 is 34.8 Å². The number of benzene rings is 12. The Kier molecular flexibility index (Phi) is 22.0. The van der Waals surface area contributed by atoms with Gasteiger partial charge in [-0.1, -0.05) is 306 Å². The molecule has 8 nitrogen and oxygen atoms in total. The molecule has 0 saturated heterocycles. The lowest BCUT2D eigenvalue weighted by atomic mass is 9.99. The number of rotatable bonds is 12. The molecule has 4 aromatic heterocycles. The predicted molar refractivity (Wildman–Crippen MR) is 437 cm³/mol. The van der Waals surface area contributed by atoms with Crippen molar-refractivity contribution in [2.24, 2.45) is 0 Å². The lowest BCUT2D eigenvalue weighted by molar-refractivity contribution is 0.630. The molecular weight excluding hydrogens is 1350 g/mol. The van der Waals surface area contributed by atoms with E-state index in [-0.39, 0.29) is 5.56 Å². The SMILES string of the molecule is Cc1cc(C)c(-c2nc(-c3ccccc3)c(-c3ccccc3)[nH]2)c(C)c1.Cc1ccc(-c2nc(-c3ccccc3)c(-c3ccccc3)[nH]2)c(C)c1.Cc1ccc(C)c(-c2[nH]c(-c3c(Cl)cccc3Cl)nc2-c2ccccc2)c1.Cc1ccc(C)c(-c2[nH]c(-c3c(F)cccc3Cl)nc2-c2ccccc2)c1. The molecular formula is C93H78Cl3FN8. The van der Waals surface area contributed by atoms with Gasteiger partial charge in [-0.3, -0.25) is 0 Å². The van der Waals surface area contributed by atoms with Crippen LogP contribution in [0.4, 0.5) is 4.39 Å². The molecule has 0 atom stereocenters. The van der Waals surface area contributed by atoms with E-state index in [1.807, 2.05) is 91.0 Å². The van der Waals surface area contributed by atoms with E-state index in [0.29, 0.717) is 26.7 Å². The van der Waals surface area contributed by atoms with Crippen LogP contribution in [0.3, 0.4) is 0 Å². The second-order valence-electron chi connectivity index (χ2n) is 26.4. The van der Waals surface area contributed by atoms with Crippen molar-refractivity contribution < 1.29 is 4.39 Å². The van der Waals surface area contributed by atoms with Gasteiger partial charge in [-0.15, -0.1) is 0 Å². The van der Waals surface area contributed by atoms with Crippen LogP contribution in [0.15, 0.2) is 285 Å². The largest absolute Gasteiger partial charge is 0.337 e. The molecule has 0 spiro atoms. The number of aryl methyl sites for hydroxylation is 9. The highest BCUT2D eigenvalue weighted by molar-refractivity contribution is 6.39. The number of aromatic nitrogens is 8. The van der Waals surface area contributed by atoms with E-state index in [2.05, 4.69) is 258 Å². The quantitative estimate of drug-likeness (QED) is 0.0975. The first-order chi connectivity index (χ1) is 50.9. The maximum Gasteiger partial charge on any atom is 0.143 e. The molecule has 0 unspecified atom stereocenters. The molecule has 0 saturated carbocycles. The fourth-order valence-electron chi connectivity index (χ4n) is 13.3. The van der Waals surface area contributed by atoms with Gasteiger partial charge in [0.15, 0.2) is 0 Å². The molecule has 4 heterocycles. The molecule has 105 heavy (non-hydrogen) atoms. The molecule has 0 aliphatic carbocycles. The third kappa shape index (κ3) is 16.2. The van der Waals surface area contributed by atoms with Gasteiger partial charge in [0.05, 0.1) is 71.7 Å². The summed E-state index contributed by atoms with van der Waals surface area (Å²) in [6.07, 6.45) is 0. The van der Waals surface area contributed by atoms with Gasteiger partial charge in [-0.2, -0.15) is 0 Å². The van der Waals surface area contributed by atoms with Gasteiger partial charge in [-0.05, 0) is 127 Å². The minimum atomic E-state index is -0.400. The molecule has 0 aliphatic heterocycles. The summed E-state index contributed by atoms with van der Waals surface area (Å²) in [6.45, 7) is 19.0. The van der Waals surface area contributed by atoms with Crippen LogP contribution in [0.1, 0.15) is 50.1 Å². The van der Waals surface area contributed by atoms with E-state index < -0.39 is 5.82 Å². The minimum absolute atomic E-state index is 0.285. The highest BCUT2D eigenvalue weighted by Crippen LogP contribution is 2.42. The second kappa shape index (κ2) is 32.3.